The largest absolute Gasteiger partial charge is 0.293 e. The normalized spacial score (nSPS) is 12.3. The molecule has 20 heavy (non-hydrogen) atoms. The molecule has 0 saturated carbocycles. The third-order valence-corrected chi connectivity index (χ3v) is 4.02. The Morgan fingerprint density at radius 2 is 1.60 bits per heavy atom. The molecule has 2 aromatic carbocycles. The number of hydrogen-bond donors (Lipinski definition) is 0. The number of benzene rings is 2. The topological polar surface area (TPSA) is 34.1 Å². The second-order valence-corrected chi connectivity index (χ2v) is 5.53. The molecule has 0 fully saturated rings. The Morgan fingerprint density at radius 3 is 2.15 bits per heavy atom. The van der Waals surface area contributed by atoms with Crippen LogP contribution in [0.3, 0.4) is 0 Å². The van der Waals surface area contributed by atoms with Crippen molar-refractivity contribution in [1.82, 2.24) is 0 Å². The zero-order valence-corrected chi connectivity index (χ0v) is 12.6. The first-order valence-electron chi connectivity index (χ1n) is 6.59. The van der Waals surface area contributed by atoms with Gasteiger partial charge >= 0.3 is 0 Å². The number of carbonyl (C=O) groups is 1. The summed E-state index contributed by atoms with van der Waals surface area (Å²) in [7, 11) is -0.00375. The lowest BCUT2D eigenvalue weighted by molar-refractivity contribution is 0.0966. The predicted molar refractivity (Wildman–Crippen MR) is 81.9 cm³/mol. The van der Waals surface area contributed by atoms with Crippen molar-refractivity contribution in [1.29, 1.82) is 0 Å². The third-order valence-electron chi connectivity index (χ3n) is 3.50. The average Bonchev–Trinajstić information content (AvgIpc) is 2.45. The number of carbonyl (C=O) groups excluding carboxylic acids is 1. The van der Waals surface area contributed by atoms with Crippen LogP contribution in [0.5, 0.6) is 0 Å². The summed E-state index contributed by atoms with van der Waals surface area (Å²) in [5.74, 6) is -0.301. The van der Waals surface area contributed by atoms with Crippen LogP contribution in [-0.2, 0) is 4.57 Å². The first kappa shape index (κ1) is 14.6. The van der Waals surface area contributed by atoms with Crippen molar-refractivity contribution in [3.63, 3.8) is 0 Å². The lowest BCUT2D eigenvalue weighted by atomic mass is 9.88. The van der Waals surface area contributed by atoms with Crippen molar-refractivity contribution in [2.24, 2.45) is 0 Å². The lowest BCUT2D eigenvalue weighted by Gasteiger charge is -2.16. The van der Waals surface area contributed by atoms with Crippen LogP contribution in [0.15, 0.2) is 48.5 Å². The van der Waals surface area contributed by atoms with E-state index in [1.807, 2.05) is 62.4 Å². The fraction of sp³-hybridized carbons (Fsp3) is 0.235. The fourth-order valence-corrected chi connectivity index (χ4v) is 3.00. The van der Waals surface area contributed by atoms with Crippen LogP contribution in [0.2, 0.25) is 0 Å². The molecule has 3 heteroatoms. The van der Waals surface area contributed by atoms with Crippen molar-refractivity contribution >= 4 is 14.2 Å². The van der Waals surface area contributed by atoms with Crippen molar-refractivity contribution in [3.8, 4) is 0 Å². The first-order valence-corrected chi connectivity index (χ1v) is 7.59. The van der Waals surface area contributed by atoms with Gasteiger partial charge in [0.25, 0.3) is 0 Å². The van der Waals surface area contributed by atoms with Crippen LogP contribution in [-0.4, -0.2) is 11.9 Å². The van der Waals surface area contributed by atoms with E-state index in [2.05, 4.69) is 0 Å². The summed E-state index contributed by atoms with van der Waals surface area (Å²) < 4.78 is 11.0. The van der Waals surface area contributed by atoms with E-state index in [4.69, 9.17) is 0 Å². The number of rotatable bonds is 5. The second-order valence-electron chi connectivity index (χ2n) is 4.91. The van der Waals surface area contributed by atoms with Gasteiger partial charge in [0.05, 0.1) is 5.92 Å². The predicted octanol–water partition coefficient (Wildman–Crippen LogP) is 4.56. The van der Waals surface area contributed by atoms with E-state index >= 15 is 0 Å². The van der Waals surface area contributed by atoms with Crippen LogP contribution < -0.4 is 0 Å². The fourth-order valence-electron chi connectivity index (χ4n) is 2.48. The zero-order chi connectivity index (χ0) is 14.5. The standard InChI is InChI=1S/C17H17O2P/c1-12-7-6-8-13(2)16(12)17(18)15(11-20-19)14-9-4-3-5-10-14/h3-10,15H,11H2,1-2H3. The minimum atomic E-state index is -0.352. The van der Waals surface area contributed by atoms with Crippen LogP contribution in [0.4, 0.5) is 0 Å². The Balaban J connectivity index is 2.45. The monoisotopic (exact) mass is 284 g/mol. The molecule has 1 atom stereocenters. The molecular formula is C17H17O2P. The van der Waals surface area contributed by atoms with Crippen LogP contribution in [0.25, 0.3) is 0 Å². The highest BCUT2D eigenvalue weighted by atomic mass is 31.1. The maximum atomic E-state index is 12.8. The number of Topliss-reactive ketones (excluding diaryl/α,β-unsaturated/α-hetero) is 1. The maximum Gasteiger partial charge on any atom is 0.171 e. The van der Waals surface area contributed by atoms with E-state index in [1.165, 1.54) is 0 Å². The van der Waals surface area contributed by atoms with E-state index < -0.39 is 0 Å². The minimum absolute atomic E-state index is 0.00375. The molecule has 2 aromatic rings. The van der Waals surface area contributed by atoms with Gasteiger partial charge in [-0.25, -0.2) is 0 Å². The van der Waals surface area contributed by atoms with Gasteiger partial charge < -0.3 is 0 Å². The zero-order valence-electron chi connectivity index (χ0n) is 11.7. The van der Waals surface area contributed by atoms with Gasteiger partial charge in [0.15, 0.2) is 14.2 Å². The molecule has 0 N–H and O–H groups in total. The molecule has 1 unspecified atom stereocenters. The number of ketones is 1. The van der Waals surface area contributed by atoms with Gasteiger partial charge in [-0.3, -0.25) is 9.36 Å². The molecule has 0 aliphatic carbocycles. The SMILES string of the molecule is Cc1cccc(C)c1C(=O)C(CP=O)c1ccccc1. The van der Waals surface area contributed by atoms with Gasteiger partial charge in [0.1, 0.15) is 0 Å². The smallest absolute Gasteiger partial charge is 0.171 e. The summed E-state index contributed by atoms with van der Waals surface area (Å²) in [5, 5.41) is 0. The molecule has 2 nitrogen and oxygen atoms in total. The maximum absolute atomic E-state index is 12.8. The highest BCUT2D eigenvalue weighted by Crippen LogP contribution is 2.27. The first-order chi connectivity index (χ1) is 9.65. The van der Waals surface area contributed by atoms with E-state index in [-0.39, 0.29) is 20.2 Å². The highest BCUT2D eigenvalue weighted by molar-refractivity contribution is 7.23. The summed E-state index contributed by atoms with van der Waals surface area (Å²) in [5.41, 5.74) is 3.62. The van der Waals surface area contributed by atoms with Gasteiger partial charge in [-0.2, -0.15) is 0 Å². The molecular weight excluding hydrogens is 267 g/mol. The Bertz CT molecular complexity index is 600. The van der Waals surface area contributed by atoms with Gasteiger partial charge in [0.2, 0.25) is 0 Å². The average molecular weight is 284 g/mol. The second kappa shape index (κ2) is 6.58. The molecule has 0 bridgehead atoms. The molecule has 0 radical (unpaired) electrons. The number of hydrogen-bond acceptors (Lipinski definition) is 2. The third kappa shape index (κ3) is 3.02. The molecule has 0 spiro atoms. The lowest BCUT2D eigenvalue weighted by Crippen LogP contribution is -2.17. The minimum Gasteiger partial charge on any atom is -0.293 e. The summed E-state index contributed by atoms with van der Waals surface area (Å²) in [6.07, 6.45) is 0.316. The van der Waals surface area contributed by atoms with Crippen molar-refractivity contribution < 1.29 is 9.36 Å². The van der Waals surface area contributed by atoms with E-state index in [9.17, 15) is 9.36 Å². The number of aryl methyl sites for hydroxylation is 2. The summed E-state index contributed by atoms with van der Waals surface area (Å²) in [6.45, 7) is 3.88. The van der Waals surface area contributed by atoms with Crippen molar-refractivity contribution in [3.05, 3.63) is 70.8 Å². The van der Waals surface area contributed by atoms with Gasteiger partial charge in [0, 0.05) is 11.7 Å². The van der Waals surface area contributed by atoms with E-state index in [1.54, 1.807) is 0 Å². The van der Waals surface area contributed by atoms with Gasteiger partial charge in [-0.1, -0.05) is 48.5 Å². The quantitative estimate of drug-likeness (QED) is 0.595. The summed E-state index contributed by atoms with van der Waals surface area (Å²) in [4.78, 5) is 12.8. The van der Waals surface area contributed by atoms with Crippen LogP contribution >= 0.6 is 8.46 Å². The Labute approximate surface area is 121 Å². The molecule has 102 valence electrons. The van der Waals surface area contributed by atoms with Crippen molar-refractivity contribution in [2.75, 3.05) is 6.16 Å². The van der Waals surface area contributed by atoms with Gasteiger partial charge in [-0.05, 0) is 30.5 Å². The molecule has 0 heterocycles. The highest BCUT2D eigenvalue weighted by Gasteiger charge is 2.24. The molecule has 2 rings (SSSR count). The van der Waals surface area contributed by atoms with E-state index in [0.717, 1.165) is 22.3 Å². The Kier molecular flexibility index (Phi) is 4.81. The Hall–Kier alpha value is -1.79. The van der Waals surface area contributed by atoms with Crippen LogP contribution in [0.1, 0.15) is 33.0 Å². The molecule has 0 saturated heterocycles. The molecule has 0 aliphatic heterocycles. The van der Waals surface area contributed by atoms with E-state index in [0.29, 0.717) is 6.16 Å². The van der Waals surface area contributed by atoms with Crippen LogP contribution in [0, 0.1) is 13.8 Å². The Morgan fingerprint density at radius 1 is 1.00 bits per heavy atom. The van der Waals surface area contributed by atoms with Crippen molar-refractivity contribution in [2.45, 2.75) is 19.8 Å². The molecule has 0 amide bonds. The van der Waals surface area contributed by atoms with Gasteiger partial charge in [-0.15, -0.1) is 0 Å². The summed E-state index contributed by atoms with van der Waals surface area (Å²) >= 11 is 0. The molecule has 0 aromatic heterocycles. The molecule has 0 aliphatic rings. The summed E-state index contributed by atoms with van der Waals surface area (Å²) in [6, 6.07) is 15.4.